The van der Waals surface area contributed by atoms with E-state index < -0.39 is 0 Å². The van der Waals surface area contributed by atoms with Crippen molar-refractivity contribution in [1.29, 1.82) is 0 Å². The quantitative estimate of drug-likeness (QED) is 0.365. The summed E-state index contributed by atoms with van der Waals surface area (Å²) in [4.78, 5) is 0. The maximum absolute atomic E-state index is 3.03. The van der Waals surface area contributed by atoms with Crippen LogP contribution in [0.15, 0.2) is 0 Å². The molecule has 1 fully saturated rings. The molecule has 0 nitrogen and oxygen atoms in total. The second kappa shape index (κ2) is 0.255. The van der Waals surface area contributed by atoms with Gasteiger partial charge in [0.1, 0.15) is 0 Å². The summed E-state index contributed by atoms with van der Waals surface area (Å²) in [5, 5.41) is 0. The molecule has 0 unspecified atom stereocenters. The topological polar surface area (TPSA) is 0 Å². The highest BCUT2D eigenvalue weighted by Gasteiger charge is 2.46. The molecule has 2 rings (SSSR count). The van der Waals surface area contributed by atoms with E-state index in [9.17, 15) is 0 Å². The first-order valence-corrected chi connectivity index (χ1v) is 1.96. The molecular formula is C5H4. The Morgan fingerprint density at radius 1 is 1.20 bits per heavy atom. The lowest BCUT2D eigenvalue weighted by atomic mass is 10.4. The van der Waals surface area contributed by atoms with Crippen LogP contribution in [0.25, 0.3) is 0 Å². The fourth-order valence-electron chi connectivity index (χ4n) is 0.463. The molecule has 0 radical (unpaired) electrons. The van der Waals surface area contributed by atoms with E-state index in [2.05, 4.69) is 11.8 Å². The van der Waals surface area contributed by atoms with Gasteiger partial charge in [0.25, 0.3) is 0 Å². The third-order valence-electron chi connectivity index (χ3n) is 1.23. The normalized spacial score (nSPS) is 32.0. The number of hydrogen-bond donors (Lipinski definition) is 0. The molecule has 1 spiro atoms. The van der Waals surface area contributed by atoms with Crippen LogP contribution in [0.3, 0.4) is 0 Å². The molecule has 0 aliphatic heterocycles. The maximum atomic E-state index is 3.03. The van der Waals surface area contributed by atoms with Crippen molar-refractivity contribution in [3.05, 3.63) is 0 Å². The zero-order valence-corrected chi connectivity index (χ0v) is 2.91. The van der Waals surface area contributed by atoms with Gasteiger partial charge in [0.2, 0.25) is 0 Å². The van der Waals surface area contributed by atoms with Crippen molar-refractivity contribution >= 4 is 0 Å². The highest BCUT2D eigenvalue weighted by atomic mass is 14.5. The Balaban J connectivity index is 2.39. The zero-order valence-electron chi connectivity index (χ0n) is 2.91. The Hall–Kier alpha value is -0.440. The predicted octanol–water partition coefficient (Wildman–Crippen LogP) is 0.784. The first-order chi connectivity index (χ1) is 2.41. The molecule has 1 saturated carbocycles. The summed E-state index contributed by atoms with van der Waals surface area (Å²) in [7, 11) is 0. The molecule has 0 aromatic rings. The zero-order chi connectivity index (χ0) is 3.33. The predicted molar refractivity (Wildman–Crippen MR) is 19.4 cm³/mol. The summed E-state index contributed by atoms with van der Waals surface area (Å²) < 4.78 is 0. The largest absolute Gasteiger partial charge is 0.0921 e. The minimum absolute atomic E-state index is 0.500. The van der Waals surface area contributed by atoms with Gasteiger partial charge in [-0.05, 0) is 12.8 Å². The van der Waals surface area contributed by atoms with E-state index in [4.69, 9.17) is 0 Å². The molecule has 2 aliphatic rings. The highest BCUT2D eigenvalue weighted by Crippen LogP contribution is 2.51. The molecular weight excluding hydrogens is 60.1 g/mol. The summed E-state index contributed by atoms with van der Waals surface area (Å²) in [5.74, 6) is 6.07. The molecule has 5 heavy (non-hydrogen) atoms. The second-order valence-electron chi connectivity index (χ2n) is 1.83. The Labute approximate surface area is 31.2 Å². The average Bonchev–Trinajstić information content (AvgIpc) is 2.17. The molecule has 2 aliphatic carbocycles. The van der Waals surface area contributed by atoms with E-state index in [1.807, 2.05) is 0 Å². The van der Waals surface area contributed by atoms with Gasteiger partial charge in [0.05, 0.1) is 5.41 Å². The number of hydrogen-bond acceptors (Lipinski definition) is 0. The number of rotatable bonds is 0. The molecule has 0 saturated heterocycles. The summed E-state index contributed by atoms with van der Waals surface area (Å²) in [6.07, 6.45) is 2.68. The van der Waals surface area contributed by atoms with Crippen molar-refractivity contribution < 1.29 is 0 Å². The first-order valence-electron chi connectivity index (χ1n) is 1.96. The van der Waals surface area contributed by atoms with Crippen LogP contribution in [-0.2, 0) is 0 Å². The van der Waals surface area contributed by atoms with Crippen LogP contribution in [0.2, 0.25) is 0 Å². The van der Waals surface area contributed by atoms with E-state index in [1.165, 1.54) is 12.8 Å². The summed E-state index contributed by atoms with van der Waals surface area (Å²) in [6.45, 7) is 0. The van der Waals surface area contributed by atoms with Crippen molar-refractivity contribution in [2.75, 3.05) is 0 Å². The van der Waals surface area contributed by atoms with Crippen LogP contribution >= 0.6 is 0 Å². The van der Waals surface area contributed by atoms with E-state index in [0.717, 1.165) is 0 Å². The van der Waals surface area contributed by atoms with Crippen LogP contribution in [0, 0.1) is 17.3 Å². The highest BCUT2D eigenvalue weighted by molar-refractivity contribution is 5.46. The van der Waals surface area contributed by atoms with Gasteiger partial charge in [-0.25, -0.2) is 0 Å². The van der Waals surface area contributed by atoms with Gasteiger partial charge in [0, 0.05) is 0 Å². The van der Waals surface area contributed by atoms with Gasteiger partial charge in [-0.3, -0.25) is 0 Å². The van der Waals surface area contributed by atoms with Crippen molar-refractivity contribution in [2.45, 2.75) is 12.8 Å². The molecule has 0 atom stereocenters. The Morgan fingerprint density at radius 3 is 1.80 bits per heavy atom. The van der Waals surface area contributed by atoms with Crippen molar-refractivity contribution in [3.63, 3.8) is 0 Å². The minimum Gasteiger partial charge on any atom is -0.0818 e. The Bertz CT molecular complexity index is 109. The molecule has 0 amide bonds. The fraction of sp³-hybridized carbons (Fsp3) is 0.600. The van der Waals surface area contributed by atoms with E-state index in [1.54, 1.807) is 0 Å². The van der Waals surface area contributed by atoms with Crippen LogP contribution in [0.1, 0.15) is 12.8 Å². The van der Waals surface area contributed by atoms with Gasteiger partial charge < -0.3 is 0 Å². The first kappa shape index (κ1) is 1.87. The summed E-state index contributed by atoms with van der Waals surface area (Å²) in [6, 6.07) is 0. The van der Waals surface area contributed by atoms with Crippen molar-refractivity contribution in [2.24, 2.45) is 5.41 Å². The fourth-order valence-corrected chi connectivity index (χ4v) is 0.463. The molecule has 0 aromatic heterocycles. The van der Waals surface area contributed by atoms with Crippen LogP contribution in [-0.4, -0.2) is 0 Å². The Morgan fingerprint density at radius 2 is 1.80 bits per heavy atom. The van der Waals surface area contributed by atoms with E-state index >= 15 is 0 Å². The van der Waals surface area contributed by atoms with Gasteiger partial charge in [-0.15, -0.1) is 0 Å². The van der Waals surface area contributed by atoms with Crippen LogP contribution in [0.4, 0.5) is 0 Å². The van der Waals surface area contributed by atoms with Gasteiger partial charge in [-0.2, -0.15) is 0 Å². The standard InChI is InChI=1S/C5H4/c1-2-5(1)3-4-5/h1-2H2. The van der Waals surface area contributed by atoms with Gasteiger partial charge in [0.15, 0.2) is 0 Å². The van der Waals surface area contributed by atoms with Crippen LogP contribution in [0.5, 0.6) is 0 Å². The minimum atomic E-state index is 0.500. The average molecular weight is 64.1 g/mol. The lowest BCUT2D eigenvalue weighted by Gasteiger charge is -1.62. The molecule has 0 heteroatoms. The molecule has 0 bridgehead atoms. The lowest BCUT2D eigenvalue weighted by molar-refractivity contribution is 1.04. The molecule has 0 aromatic carbocycles. The summed E-state index contributed by atoms with van der Waals surface area (Å²) in [5.41, 5.74) is 0.500. The third kappa shape index (κ3) is 0.0948. The lowest BCUT2D eigenvalue weighted by Crippen LogP contribution is -1.63. The Kier molecular flexibility index (Phi) is 0.0954. The smallest absolute Gasteiger partial charge is 0.0818 e. The van der Waals surface area contributed by atoms with E-state index in [0.29, 0.717) is 5.41 Å². The summed E-state index contributed by atoms with van der Waals surface area (Å²) >= 11 is 0. The van der Waals surface area contributed by atoms with Crippen molar-refractivity contribution in [3.8, 4) is 11.8 Å². The second-order valence-corrected chi connectivity index (χ2v) is 1.83. The maximum Gasteiger partial charge on any atom is 0.0921 e. The third-order valence-corrected chi connectivity index (χ3v) is 1.23. The van der Waals surface area contributed by atoms with E-state index in [-0.39, 0.29) is 0 Å². The van der Waals surface area contributed by atoms with Crippen LogP contribution < -0.4 is 0 Å². The SMILES string of the molecule is C1#CC12CC2. The molecule has 0 heterocycles. The monoisotopic (exact) mass is 64.0 g/mol. The van der Waals surface area contributed by atoms with Gasteiger partial charge >= 0.3 is 0 Å². The molecule has 24 valence electrons. The van der Waals surface area contributed by atoms with Gasteiger partial charge in [-0.1, -0.05) is 11.8 Å². The van der Waals surface area contributed by atoms with Crippen molar-refractivity contribution in [1.82, 2.24) is 0 Å². The molecule has 0 N–H and O–H groups in total.